The van der Waals surface area contributed by atoms with Crippen LogP contribution < -0.4 is 22.1 Å². The summed E-state index contributed by atoms with van der Waals surface area (Å²) in [6.07, 6.45) is 0. The lowest BCUT2D eigenvalue weighted by molar-refractivity contribution is 0.0600. The van der Waals surface area contributed by atoms with Crippen molar-refractivity contribution < 1.29 is 14.3 Å². The summed E-state index contributed by atoms with van der Waals surface area (Å²) >= 11 is 0. The number of carbonyl (C=O) groups excluding carboxylic acids is 2. The van der Waals surface area contributed by atoms with Crippen LogP contribution in [0.2, 0.25) is 0 Å². The van der Waals surface area contributed by atoms with E-state index in [2.05, 4.69) is 14.9 Å². The minimum absolute atomic E-state index is 0.00321. The number of nitrogens with zero attached hydrogens (tertiary/aromatic N) is 4. The number of piperazine rings is 1. The predicted molar refractivity (Wildman–Crippen MR) is 119 cm³/mol. The van der Waals surface area contributed by atoms with E-state index in [1.165, 1.54) is 7.11 Å². The molecule has 2 aromatic rings. The number of esters is 1. The molecule has 1 saturated heterocycles. The van der Waals surface area contributed by atoms with E-state index in [1.807, 2.05) is 23.1 Å². The molecule has 0 atom stereocenters. The number of ether oxygens (including phenoxy) is 1. The van der Waals surface area contributed by atoms with Crippen LogP contribution in [0.5, 0.6) is 0 Å². The van der Waals surface area contributed by atoms with Crippen LogP contribution in [0.4, 0.5) is 11.4 Å². The Morgan fingerprint density at radius 1 is 0.935 bits per heavy atom. The van der Waals surface area contributed by atoms with Crippen LogP contribution in [0.25, 0.3) is 0 Å². The fraction of sp³-hybridized carbons (Fsp3) is 0.238. The lowest BCUT2D eigenvalue weighted by atomic mass is 10.1. The number of guanidine groups is 2. The van der Waals surface area contributed by atoms with Gasteiger partial charge in [-0.3, -0.25) is 4.79 Å². The summed E-state index contributed by atoms with van der Waals surface area (Å²) in [6, 6.07) is 14.2. The maximum absolute atomic E-state index is 12.7. The Morgan fingerprint density at radius 3 is 2.23 bits per heavy atom. The van der Waals surface area contributed by atoms with Gasteiger partial charge in [-0.05, 0) is 30.3 Å². The normalized spacial score (nSPS) is 14.2. The number of methoxy groups -OCH3 is 1. The van der Waals surface area contributed by atoms with Gasteiger partial charge in [0.2, 0.25) is 5.96 Å². The number of nitrogens with two attached hydrogens (primary N) is 3. The molecule has 6 N–H and O–H groups in total. The Labute approximate surface area is 180 Å². The Balaban J connectivity index is 1.83. The quantitative estimate of drug-likeness (QED) is 0.371. The van der Waals surface area contributed by atoms with Gasteiger partial charge in [0.05, 0.1) is 24.0 Å². The molecule has 1 amide bonds. The molecule has 10 nitrogen and oxygen atoms in total. The molecule has 0 unspecified atom stereocenters. The summed E-state index contributed by atoms with van der Waals surface area (Å²) in [4.78, 5) is 36.5. The zero-order valence-electron chi connectivity index (χ0n) is 17.2. The largest absolute Gasteiger partial charge is 0.465 e. The van der Waals surface area contributed by atoms with Gasteiger partial charge in [0.25, 0.3) is 5.91 Å². The summed E-state index contributed by atoms with van der Waals surface area (Å²) in [5.41, 5.74) is 18.7. The third kappa shape index (κ3) is 5.30. The van der Waals surface area contributed by atoms with Crippen molar-refractivity contribution in [1.29, 1.82) is 0 Å². The highest BCUT2D eigenvalue weighted by molar-refractivity contribution is 5.96. The Morgan fingerprint density at radius 2 is 1.61 bits per heavy atom. The van der Waals surface area contributed by atoms with Crippen LogP contribution in [0.15, 0.2) is 58.5 Å². The van der Waals surface area contributed by atoms with E-state index in [0.29, 0.717) is 43.0 Å². The molecule has 1 aliphatic rings. The van der Waals surface area contributed by atoms with E-state index in [-0.39, 0.29) is 17.8 Å². The molecule has 10 heteroatoms. The zero-order chi connectivity index (χ0) is 22.4. The average molecular weight is 423 g/mol. The van der Waals surface area contributed by atoms with E-state index < -0.39 is 5.97 Å². The van der Waals surface area contributed by atoms with Gasteiger partial charge >= 0.3 is 5.97 Å². The molecular formula is C21H25N7O3. The van der Waals surface area contributed by atoms with E-state index in [0.717, 1.165) is 5.69 Å². The summed E-state index contributed by atoms with van der Waals surface area (Å²) in [6.45, 7) is 2.25. The van der Waals surface area contributed by atoms with E-state index in [4.69, 9.17) is 21.9 Å². The number of anilines is 1. The van der Waals surface area contributed by atoms with Gasteiger partial charge < -0.3 is 31.7 Å². The molecule has 0 aliphatic carbocycles. The summed E-state index contributed by atoms with van der Waals surface area (Å²) < 4.78 is 4.78. The highest BCUT2D eigenvalue weighted by atomic mass is 16.5. The first-order valence-corrected chi connectivity index (χ1v) is 9.64. The van der Waals surface area contributed by atoms with E-state index >= 15 is 0 Å². The van der Waals surface area contributed by atoms with Crippen molar-refractivity contribution in [2.45, 2.75) is 0 Å². The highest BCUT2D eigenvalue weighted by Crippen LogP contribution is 2.31. The zero-order valence-corrected chi connectivity index (χ0v) is 17.2. The number of carbonyl (C=O) groups is 2. The molecule has 31 heavy (non-hydrogen) atoms. The molecular weight excluding hydrogens is 398 g/mol. The molecule has 0 radical (unpaired) electrons. The van der Waals surface area contributed by atoms with Crippen molar-refractivity contribution in [1.82, 2.24) is 4.90 Å². The second-order valence-electron chi connectivity index (χ2n) is 6.85. The standard InChI is InChI=1S/C21H25N7O3/c1-31-19(30)15-7-8-17(16(13-15)25-21(24)26-20(22)23)27-9-11-28(12-10-27)18(29)14-5-3-2-4-6-14/h2-8,13H,9-12H2,1H3,(H6,22,23,24,25,26). The van der Waals surface area contributed by atoms with Crippen molar-refractivity contribution in [2.75, 3.05) is 38.2 Å². The van der Waals surface area contributed by atoms with Gasteiger partial charge in [-0.1, -0.05) is 18.2 Å². The number of hydrogen-bond donors (Lipinski definition) is 3. The molecule has 1 heterocycles. The van der Waals surface area contributed by atoms with Gasteiger partial charge in [0.1, 0.15) is 0 Å². The predicted octanol–water partition coefficient (Wildman–Crippen LogP) is 0.655. The van der Waals surface area contributed by atoms with E-state index in [9.17, 15) is 9.59 Å². The number of benzene rings is 2. The maximum Gasteiger partial charge on any atom is 0.337 e. The van der Waals surface area contributed by atoms with Crippen LogP contribution in [0.3, 0.4) is 0 Å². The molecule has 0 spiro atoms. The monoisotopic (exact) mass is 423 g/mol. The van der Waals surface area contributed by atoms with Crippen LogP contribution in [-0.2, 0) is 4.74 Å². The molecule has 162 valence electrons. The molecule has 0 aromatic heterocycles. The minimum atomic E-state index is -0.498. The van der Waals surface area contributed by atoms with Crippen molar-refractivity contribution in [2.24, 2.45) is 27.2 Å². The first-order valence-electron chi connectivity index (χ1n) is 9.64. The summed E-state index contributed by atoms with van der Waals surface area (Å²) in [7, 11) is 1.30. The van der Waals surface area contributed by atoms with Crippen molar-refractivity contribution in [3.8, 4) is 0 Å². The van der Waals surface area contributed by atoms with Crippen LogP contribution in [-0.4, -0.2) is 62.0 Å². The molecule has 3 rings (SSSR count). The number of rotatable bonds is 4. The van der Waals surface area contributed by atoms with Crippen LogP contribution in [0, 0.1) is 0 Å². The van der Waals surface area contributed by atoms with E-state index in [1.54, 1.807) is 30.3 Å². The first kappa shape index (κ1) is 21.6. The Hall–Kier alpha value is -4.08. The third-order valence-electron chi connectivity index (χ3n) is 4.80. The second kappa shape index (κ2) is 9.61. The SMILES string of the molecule is COC(=O)c1ccc(N2CCN(C(=O)c3ccccc3)CC2)c(N=C(N)N=C(N)N)c1. The maximum atomic E-state index is 12.7. The highest BCUT2D eigenvalue weighted by Gasteiger charge is 2.24. The van der Waals surface area contributed by atoms with Crippen molar-refractivity contribution in [3.05, 3.63) is 59.7 Å². The summed E-state index contributed by atoms with van der Waals surface area (Å²) in [5.74, 6) is -0.862. The molecule has 1 fully saturated rings. The smallest absolute Gasteiger partial charge is 0.337 e. The first-order chi connectivity index (χ1) is 14.9. The van der Waals surface area contributed by atoms with Crippen LogP contribution >= 0.6 is 0 Å². The van der Waals surface area contributed by atoms with Crippen molar-refractivity contribution in [3.63, 3.8) is 0 Å². The fourth-order valence-corrected chi connectivity index (χ4v) is 3.32. The topological polar surface area (TPSA) is 153 Å². The second-order valence-corrected chi connectivity index (χ2v) is 6.85. The summed E-state index contributed by atoms with van der Waals surface area (Å²) in [5, 5.41) is 0. The molecule has 1 aliphatic heterocycles. The lowest BCUT2D eigenvalue weighted by Crippen LogP contribution is -2.48. The van der Waals surface area contributed by atoms with Gasteiger partial charge in [0, 0.05) is 31.7 Å². The Kier molecular flexibility index (Phi) is 6.71. The lowest BCUT2D eigenvalue weighted by Gasteiger charge is -2.36. The number of aliphatic imine (C=N–C) groups is 2. The minimum Gasteiger partial charge on any atom is -0.465 e. The van der Waals surface area contributed by atoms with Gasteiger partial charge in [-0.2, -0.15) is 4.99 Å². The molecule has 0 saturated carbocycles. The number of hydrogen-bond acceptors (Lipinski definition) is 5. The van der Waals surface area contributed by atoms with Gasteiger partial charge in [-0.15, -0.1) is 0 Å². The fourth-order valence-electron chi connectivity index (χ4n) is 3.32. The average Bonchev–Trinajstić information content (AvgIpc) is 2.78. The van der Waals surface area contributed by atoms with Crippen molar-refractivity contribution >= 4 is 35.2 Å². The molecule has 0 bridgehead atoms. The Bertz CT molecular complexity index is 1010. The van der Waals surface area contributed by atoms with Crippen LogP contribution in [0.1, 0.15) is 20.7 Å². The number of amides is 1. The van der Waals surface area contributed by atoms with Gasteiger partial charge in [-0.25, -0.2) is 9.79 Å². The van der Waals surface area contributed by atoms with Gasteiger partial charge in [0.15, 0.2) is 5.96 Å². The molecule has 2 aromatic carbocycles. The third-order valence-corrected chi connectivity index (χ3v) is 4.80.